The van der Waals surface area contributed by atoms with Crippen LogP contribution in [-0.2, 0) is 12.8 Å². The summed E-state index contributed by atoms with van der Waals surface area (Å²) in [6.45, 7) is 0.864. The minimum Gasteiger partial charge on any atom is -0.396 e. The Balaban J connectivity index is 1.84. The maximum absolute atomic E-state index is 12.8. The van der Waals surface area contributed by atoms with Crippen molar-refractivity contribution in [1.29, 1.82) is 0 Å². The van der Waals surface area contributed by atoms with Crippen molar-refractivity contribution >= 4 is 5.91 Å². The minimum absolute atomic E-state index is 0.143. The van der Waals surface area contributed by atoms with Crippen molar-refractivity contribution < 1.29 is 9.90 Å². The van der Waals surface area contributed by atoms with Gasteiger partial charge < -0.3 is 15.0 Å². The van der Waals surface area contributed by atoms with E-state index in [2.05, 4.69) is 4.98 Å². The van der Waals surface area contributed by atoms with E-state index in [1.54, 1.807) is 0 Å². The van der Waals surface area contributed by atoms with Gasteiger partial charge in [0, 0.05) is 24.9 Å². The number of aromatic nitrogens is 1. The summed E-state index contributed by atoms with van der Waals surface area (Å²) >= 11 is 0. The lowest BCUT2D eigenvalue weighted by molar-refractivity contribution is 0.0722. The third-order valence-electron chi connectivity index (χ3n) is 4.90. The van der Waals surface area contributed by atoms with Crippen LogP contribution in [0.3, 0.4) is 0 Å². The fourth-order valence-corrected chi connectivity index (χ4v) is 3.72. The van der Waals surface area contributed by atoms with Crippen LogP contribution in [0.4, 0.5) is 0 Å². The van der Waals surface area contributed by atoms with Gasteiger partial charge in [0.1, 0.15) is 5.56 Å². The molecule has 0 saturated carbocycles. The second kappa shape index (κ2) is 6.65. The quantitative estimate of drug-likeness (QED) is 0.888. The first kappa shape index (κ1) is 15.3. The van der Waals surface area contributed by atoms with Crippen LogP contribution >= 0.6 is 0 Å². The monoisotopic (exact) mass is 304 g/mol. The maximum atomic E-state index is 12.8. The molecule has 0 spiro atoms. The van der Waals surface area contributed by atoms with E-state index < -0.39 is 0 Å². The number of amides is 1. The zero-order valence-electron chi connectivity index (χ0n) is 12.9. The number of carbonyl (C=O) groups is 1. The van der Waals surface area contributed by atoms with Gasteiger partial charge in [-0.2, -0.15) is 0 Å². The highest BCUT2D eigenvalue weighted by molar-refractivity contribution is 5.94. The second-order valence-electron chi connectivity index (χ2n) is 6.38. The van der Waals surface area contributed by atoms with Crippen molar-refractivity contribution in [1.82, 2.24) is 9.88 Å². The van der Waals surface area contributed by atoms with Gasteiger partial charge in [-0.05, 0) is 63.0 Å². The fourth-order valence-electron chi connectivity index (χ4n) is 3.72. The molecule has 2 heterocycles. The normalized spacial score (nSPS) is 21.0. The summed E-state index contributed by atoms with van der Waals surface area (Å²) < 4.78 is 0. The number of aliphatic hydroxyl groups excluding tert-OH is 1. The first-order valence-corrected chi connectivity index (χ1v) is 8.37. The molecule has 1 aliphatic carbocycles. The molecule has 1 saturated heterocycles. The number of likely N-dealkylation sites (tertiary alicyclic amines) is 1. The van der Waals surface area contributed by atoms with E-state index in [9.17, 15) is 9.59 Å². The molecule has 2 N–H and O–H groups in total. The molecule has 3 rings (SSSR count). The summed E-state index contributed by atoms with van der Waals surface area (Å²) in [5.41, 5.74) is 2.17. The van der Waals surface area contributed by atoms with E-state index in [0.717, 1.165) is 56.2 Å². The summed E-state index contributed by atoms with van der Waals surface area (Å²) in [4.78, 5) is 29.8. The number of aryl methyl sites for hydroxylation is 2. The number of H-pyrrole nitrogens is 1. The van der Waals surface area contributed by atoms with E-state index >= 15 is 0 Å². The van der Waals surface area contributed by atoms with Crippen LogP contribution in [0.15, 0.2) is 10.9 Å². The van der Waals surface area contributed by atoms with Crippen molar-refractivity contribution in [3.8, 4) is 0 Å². The second-order valence-corrected chi connectivity index (χ2v) is 6.38. The van der Waals surface area contributed by atoms with Gasteiger partial charge in [0.05, 0.1) is 0 Å². The predicted molar refractivity (Wildman–Crippen MR) is 84.1 cm³/mol. The summed E-state index contributed by atoms with van der Waals surface area (Å²) in [6, 6.07) is 1.98. The highest BCUT2D eigenvalue weighted by atomic mass is 16.3. The minimum atomic E-state index is -0.251. The van der Waals surface area contributed by atoms with Crippen molar-refractivity contribution in [3.63, 3.8) is 0 Å². The molecule has 5 heteroatoms. The standard InChI is InChI=1S/C17H24N2O3/c20-10-4-7-13-6-3-9-19(13)17(22)14-11-12-5-1-2-8-15(12)18-16(14)21/h11,13,20H,1-10H2,(H,18,21). The van der Waals surface area contributed by atoms with Gasteiger partial charge in [0.15, 0.2) is 0 Å². The van der Waals surface area contributed by atoms with Gasteiger partial charge in [-0.3, -0.25) is 9.59 Å². The van der Waals surface area contributed by atoms with Crippen LogP contribution in [0.5, 0.6) is 0 Å². The van der Waals surface area contributed by atoms with Crippen molar-refractivity contribution in [2.24, 2.45) is 0 Å². The summed E-state index contributed by atoms with van der Waals surface area (Å²) in [5, 5.41) is 8.99. The van der Waals surface area contributed by atoms with Crippen molar-refractivity contribution in [2.45, 2.75) is 57.4 Å². The molecule has 1 fully saturated rings. The fraction of sp³-hybridized carbons (Fsp3) is 0.647. The molecule has 0 bridgehead atoms. The number of carbonyl (C=O) groups excluding carboxylic acids is 1. The number of aromatic amines is 1. The third-order valence-corrected chi connectivity index (χ3v) is 4.90. The molecule has 1 amide bonds. The Morgan fingerprint density at radius 3 is 2.95 bits per heavy atom. The number of fused-ring (bicyclic) bond motifs is 1. The Labute approximate surface area is 130 Å². The van der Waals surface area contributed by atoms with Gasteiger partial charge >= 0.3 is 0 Å². The van der Waals surface area contributed by atoms with Crippen LogP contribution < -0.4 is 5.56 Å². The molecule has 120 valence electrons. The number of aliphatic hydroxyl groups is 1. The number of nitrogens with zero attached hydrogens (tertiary/aromatic N) is 1. The first-order valence-electron chi connectivity index (χ1n) is 8.37. The van der Waals surface area contributed by atoms with Crippen molar-refractivity contribution in [2.75, 3.05) is 13.2 Å². The molecular weight excluding hydrogens is 280 g/mol. The molecule has 0 aromatic carbocycles. The average molecular weight is 304 g/mol. The van der Waals surface area contributed by atoms with Crippen LogP contribution in [0, 0.1) is 0 Å². The Morgan fingerprint density at radius 1 is 1.32 bits per heavy atom. The highest BCUT2D eigenvalue weighted by Gasteiger charge is 2.30. The molecule has 0 radical (unpaired) electrons. The van der Waals surface area contributed by atoms with Crippen molar-refractivity contribution in [3.05, 3.63) is 33.2 Å². The third kappa shape index (κ3) is 2.95. The summed E-state index contributed by atoms with van der Waals surface area (Å²) in [6.07, 6.45) is 7.53. The molecule has 1 atom stereocenters. The lowest BCUT2D eigenvalue weighted by atomic mass is 9.95. The number of hydrogen-bond acceptors (Lipinski definition) is 3. The Morgan fingerprint density at radius 2 is 2.14 bits per heavy atom. The zero-order valence-corrected chi connectivity index (χ0v) is 12.9. The van der Waals surface area contributed by atoms with Crippen LogP contribution in [0.2, 0.25) is 0 Å². The zero-order chi connectivity index (χ0) is 15.5. The molecule has 5 nitrogen and oxygen atoms in total. The topological polar surface area (TPSA) is 73.4 Å². The van der Waals surface area contributed by atoms with Crippen LogP contribution in [0.1, 0.15) is 60.1 Å². The number of pyridine rings is 1. The lowest BCUT2D eigenvalue weighted by Crippen LogP contribution is -2.39. The number of nitrogens with one attached hydrogen (secondary N) is 1. The maximum Gasteiger partial charge on any atom is 0.261 e. The number of rotatable bonds is 4. The molecule has 1 aliphatic heterocycles. The smallest absolute Gasteiger partial charge is 0.261 e. The predicted octanol–water partition coefficient (Wildman–Crippen LogP) is 1.63. The van der Waals surface area contributed by atoms with Gasteiger partial charge in [-0.1, -0.05) is 0 Å². The van der Waals surface area contributed by atoms with Crippen LogP contribution in [0.25, 0.3) is 0 Å². The average Bonchev–Trinajstić information content (AvgIpc) is 3.00. The van der Waals surface area contributed by atoms with E-state index in [0.29, 0.717) is 13.0 Å². The van der Waals surface area contributed by atoms with Crippen LogP contribution in [-0.4, -0.2) is 40.1 Å². The van der Waals surface area contributed by atoms with E-state index in [1.165, 1.54) is 0 Å². The van der Waals surface area contributed by atoms with Gasteiger partial charge in [-0.15, -0.1) is 0 Å². The van der Waals surface area contributed by atoms with Gasteiger partial charge in [-0.25, -0.2) is 0 Å². The van der Waals surface area contributed by atoms with E-state index in [4.69, 9.17) is 5.11 Å². The molecule has 1 aromatic rings. The number of hydrogen-bond donors (Lipinski definition) is 2. The highest BCUT2D eigenvalue weighted by Crippen LogP contribution is 2.24. The largest absolute Gasteiger partial charge is 0.396 e. The van der Waals surface area contributed by atoms with E-state index in [-0.39, 0.29) is 29.7 Å². The SMILES string of the molecule is O=C(c1cc2c([nH]c1=O)CCCC2)N1CCCC1CCCO. The molecular formula is C17H24N2O3. The first-order chi connectivity index (χ1) is 10.7. The molecule has 2 aliphatic rings. The van der Waals surface area contributed by atoms with Gasteiger partial charge in [0.25, 0.3) is 11.5 Å². The Bertz CT molecular complexity index is 608. The Kier molecular flexibility index (Phi) is 4.62. The molecule has 22 heavy (non-hydrogen) atoms. The summed E-state index contributed by atoms with van der Waals surface area (Å²) in [7, 11) is 0. The lowest BCUT2D eigenvalue weighted by Gasteiger charge is -2.25. The molecule has 1 unspecified atom stereocenters. The van der Waals surface area contributed by atoms with E-state index in [1.807, 2.05) is 11.0 Å². The van der Waals surface area contributed by atoms with Gasteiger partial charge in [0.2, 0.25) is 0 Å². The summed E-state index contributed by atoms with van der Waals surface area (Å²) in [5.74, 6) is -0.143. The Hall–Kier alpha value is -1.62. The molecule has 1 aromatic heterocycles.